The van der Waals surface area contributed by atoms with E-state index in [2.05, 4.69) is 5.32 Å². The number of methoxy groups -OCH3 is 5. The fourth-order valence-corrected chi connectivity index (χ4v) is 10.2. The SMILES string of the molecule is CC[C@H](C(=O)N1CCCC[C@H]1C(=O)O[C@H](CCc1ccc(OC)c(OC)c1)c1ccccc1OCC(=O)NCCCCCCOc1cccc2c1C(=O)N(C1CCC(=O)N(C)C1=O)C2=O)c1cc(OC)c(OC)c(OC)c1. The number of nitrogens with one attached hydrogen (secondary N) is 1. The molecule has 0 radical (unpaired) electrons. The van der Waals surface area contributed by atoms with Gasteiger partial charge in [0.1, 0.15) is 29.7 Å². The molecule has 2 fully saturated rings. The molecule has 4 atom stereocenters. The summed E-state index contributed by atoms with van der Waals surface area (Å²) in [5.41, 5.74) is 2.40. The Morgan fingerprint density at radius 3 is 2.14 bits per heavy atom. The Balaban J connectivity index is 0.950. The molecular weight excluding hydrogens is 993 g/mol. The lowest BCUT2D eigenvalue weighted by atomic mass is 9.91. The van der Waals surface area contributed by atoms with Crippen LogP contribution in [0, 0.1) is 0 Å². The summed E-state index contributed by atoms with van der Waals surface area (Å²) in [7, 11) is 9.03. The van der Waals surface area contributed by atoms with Crippen molar-refractivity contribution in [3.05, 3.63) is 101 Å². The first kappa shape index (κ1) is 56.9. The topological polar surface area (TPSA) is 215 Å². The molecule has 4 aromatic rings. The van der Waals surface area contributed by atoms with E-state index in [9.17, 15) is 33.6 Å². The molecule has 0 spiro atoms. The molecule has 2 saturated heterocycles. The Morgan fingerprint density at radius 2 is 1.43 bits per heavy atom. The maximum absolute atomic E-state index is 14.6. The predicted molar refractivity (Wildman–Crippen MR) is 282 cm³/mol. The summed E-state index contributed by atoms with van der Waals surface area (Å²) in [6.45, 7) is 2.66. The van der Waals surface area contributed by atoms with Crippen molar-refractivity contribution in [1.29, 1.82) is 0 Å². The number of para-hydroxylation sites is 1. The molecule has 1 unspecified atom stereocenters. The molecule has 3 aliphatic heterocycles. The van der Waals surface area contributed by atoms with Crippen LogP contribution in [0.1, 0.15) is 127 Å². The predicted octanol–water partition coefficient (Wildman–Crippen LogP) is 7.40. The van der Waals surface area contributed by atoms with E-state index in [0.717, 1.165) is 41.0 Å². The minimum absolute atomic E-state index is 0.0515. The van der Waals surface area contributed by atoms with Gasteiger partial charge in [-0.15, -0.1) is 0 Å². The Labute approximate surface area is 449 Å². The number of hydrogen-bond donors (Lipinski definition) is 1. The Hall–Kier alpha value is -7.83. The second-order valence-electron chi connectivity index (χ2n) is 19.1. The van der Waals surface area contributed by atoms with Gasteiger partial charge in [0.25, 0.3) is 23.6 Å². The summed E-state index contributed by atoms with van der Waals surface area (Å²) < 4.78 is 46.4. The molecular formula is C58H70N4O15. The van der Waals surface area contributed by atoms with Crippen molar-refractivity contribution in [2.24, 2.45) is 0 Å². The number of rotatable bonds is 26. The number of piperidine rings is 2. The van der Waals surface area contributed by atoms with E-state index in [-0.39, 0.29) is 60.7 Å². The summed E-state index contributed by atoms with van der Waals surface area (Å²) in [6.07, 6.45) is 5.23. The molecule has 0 saturated carbocycles. The van der Waals surface area contributed by atoms with E-state index < -0.39 is 47.8 Å². The van der Waals surface area contributed by atoms with E-state index >= 15 is 0 Å². The van der Waals surface area contributed by atoms with Crippen molar-refractivity contribution in [2.45, 2.75) is 108 Å². The number of amides is 6. The zero-order chi connectivity index (χ0) is 55.2. The third-order valence-electron chi connectivity index (χ3n) is 14.4. The number of carbonyl (C=O) groups is 7. The lowest BCUT2D eigenvalue weighted by Gasteiger charge is -2.37. The number of nitrogens with zero attached hydrogens (tertiary/aromatic N) is 3. The van der Waals surface area contributed by atoms with Crippen molar-refractivity contribution in [1.82, 2.24) is 20.0 Å². The second-order valence-corrected chi connectivity index (χ2v) is 19.1. The lowest BCUT2D eigenvalue weighted by Crippen LogP contribution is -2.54. The molecule has 3 heterocycles. The van der Waals surface area contributed by atoms with Gasteiger partial charge in [-0.05, 0) is 111 Å². The van der Waals surface area contributed by atoms with Gasteiger partial charge in [0.05, 0.1) is 59.2 Å². The first-order valence-corrected chi connectivity index (χ1v) is 26.2. The fraction of sp³-hybridized carbons (Fsp3) is 0.466. The zero-order valence-corrected chi connectivity index (χ0v) is 45.0. The number of hydrogen-bond acceptors (Lipinski definition) is 15. The highest BCUT2D eigenvalue weighted by Crippen LogP contribution is 2.42. The quantitative estimate of drug-likeness (QED) is 0.0368. The standard InChI is InChI=1S/C58H70N4O15/c1-8-38(37-33-48(72-5)53(74-7)49(34-37)73-6)54(65)61-30-15-13-20-42(61)58(69)77-44(26-23-36-24-27-45(70-3)47(32-36)71-4)39-18-11-12-21-43(39)76-35-50(63)59-29-14-9-10-16-31-75-46-22-17-19-40-52(46)57(68)62(55(40)66)41-25-28-51(64)60(2)56(41)67/h11-12,17-19,21-22,24,27,32-34,38,41-42,44H,8-10,13-16,20,23,25-26,28-31,35H2,1-7H3,(H,59,63)/t38-,41?,42-,44+/m0/s1. The molecule has 1 N–H and O–H groups in total. The summed E-state index contributed by atoms with van der Waals surface area (Å²) >= 11 is 0. The average molecular weight is 1060 g/mol. The van der Waals surface area contributed by atoms with Gasteiger partial charge in [-0.1, -0.05) is 50.1 Å². The molecule has 0 bridgehead atoms. The Bertz CT molecular complexity index is 2770. The molecule has 7 rings (SSSR count). The van der Waals surface area contributed by atoms with Gasteiger partial charge < -0.3 is 48.1 Å². The maximum atomic E-state index is 14.6. The van der Waals surface area contributed by atoms with Crippen LogP contribution in [0.15, 0.2) is 72.8 Å². The smallest absolute Gasteiger partial charge is 0.329 e. The highest BCUT2D eigenvalue weighted by Gasteiger charge is 2.47. The summed E-state index contributed by atoms with van der Waals surface area (Å²) in [4.78, 5) is 97.6. The zero-order valence-electron chi connectivity index (χ0n) is 45.0. The number of imide groups is 2. The molecule has 0 aromatic heterocycles. The van der Waals surface area contributed by atoms with E-state index in [4.69, 9.17) is 37.9 Å². The molecule has 19 heteroatoms. The number of fused-ring (bicyclic) bond motifs is 1. The minimum Gasteiger partial charge on any atom is -0.493 e. The maximum Gasteiger partial charge on any atom is 0.329 e. The van der Waals surface area contributed by atoms with Crippen molar-refractivity contribution >= 4 is 41.4 Å². The molecule has 77 heavy (non-hydrogen) atoms. The van der Waals surface area contributed by atoms with Crippen LogP contribution in [-0.2, 0) is 35.1 Å². The number of likely N-dealkylation sites (tertiary alicyclic amines) is 2. The first-order valence-electron chi connectivity index (χ1n) is 26.2. The number of carbonyl (C=O) groups excluding carboxylic acids is 7. The number of ether oxygens (including phenoxy) is 8. The van der Waals surface area contributed by atoms with E-state index in [1.165, 1.54) is 34.4 Å². The van der Waals surface area contributed by atoms with E-state index in [1.807, 2.05) is 37.3 Å². The Kier molecular flexibility index (Phi) is 19.8. The Morgan fingerprint density at radius 1 is 0.714 bits per heavy atom. The average Bonchev–Trinajstić information content (AvgIpc) is 3.81. The van der Waals surface area contributed by atoms with Crippen LogP contribution < -0.4 is 38.5 Å². The van der Waals surface area contributed by atoms with Crippen LogP contribution in [-0.4, -0.2) is 137 Å². The van der Waals surface area contributed by atoms with Gasteiger partial charge in [0, 0.05) is 32.1 Å². The third-order valence-corrected chi connectivity index (χ3v) is 14.4. The van der Waals surface area contributed by atoms with Gasteiger partial charge in [0.2, 0.25) is 17.6 Å². The third kappa shape index (κ3) is 13.1. The molecule has 3 aliphatic rings. The van der Waals surface area contributed by atoms with Crippen LogP contribution in [0.2, 0.25) is 0 Å². The van der Waals surface area contributed by atoms with Crippen LogP contribution in [0.3, 0.4) is 0 Å². The highest BCUT2D eigenvalue weighted by molar-refractivity contribution is 6.24. The molecule has 4 aromatic carbocycles. The van der Waals surface area contributed by atoms with Crippen LogP contribution in [0.5, 0.6) is 40.2 Å². The summed E-state index contributed by atoms with van der Waals surface area (Å²) in [6, 6.07) is 19.1. The molecule has 6 amide bonds. The van der Waals surface area contributed by atoms with Crippen LogP contribution >= 0.6 is 0 Å². The molecule has 19 nitrogen and oxygen atoms in total. The van der Waals surface area contributed by atoms with Gasteiger partial charge in [0.15, 0.2) is 29.6 Å². The highest BCUT2D eigenvalue weighted by atomic mass is 16.6. The van der Waals surface area contributed by atoms with Crippen molar-refractivity contribution in [2.75, 3.05) is 68.9 Å². The number of benzene rings is 4. The number of aryl methyl sites for hydroxylation is 1. The van der Waals surface area contributed by atoms with Crippen molar-refractivity contribution in [3.8, 4) is 40.2 Å². The van der Waals surface area contributed by atoms with Crippen molar-refractivity contribution in [3.63, 3.8) is 0 Å². The molecule has 0 aliphatic carbocycles. The fourth-order valence-electron chi connectivity index (χ4n) is 10.2. The van der Waals surface area contributed by atoms with Crippen LogP contribution in [0.4, 0.5) is 0 Å². The molecule has 412 valence electrons. The summed E-state index contributed by atoms with van der Waals surface area (Å²) in [5, 5.41) is 2.92. The summed E-state index contributed by atoms with van der Waals surface area (Å²) in [5.74, 6) is -0.861. The van der Waals surface area contributed by atoms with Gasteiger partial charge in [-0.2, -0.15) is 0 Å². The second kappa shape index (κ2) is 26.8. The van der Waals surface area contributed by atoms with E-state index in [1.54, 1.807) is 55.5 Å². The van der Waals surface area contributed by atoms with Gasteiger partial charge >= 0.3 is 5.97 Å². The minimum atomic E-state index is -1.06. The number of unbranched alkanes of at least 4 members (excludes halogenated alkanes) is 3. The van der Waals surface area contributed by atoms with Crippen LogP contribution in [0.25, 0.3) is 0 Å². The normalized spacial score (nSPS) is 17.1. The van der Waals surface area contributed by atoms with Crippen molar-refractivity contribution < 1.29 is 71.5 Å². The monoisotopic (exact) mass is 1060 g/mol. The number of esters is 1. The largest absolute Gasteiger partial charge is 0.493 e. The van der Waals surface area contributed by atoms with E-state index in [0.29, 0.717) is 97.2 Å². The first-order chi connectivity index (χ1) is 37.3. The number of likely N-dealkylation sites (N-methyl/N-ethyl adjacent to an activating group) is 1. The van der Waals surface area contributed by atoms with Gasteiger partial charge in [-0.25, -0.2) is 4.79 Å². The van der Waals surface area contributed by atoms with Gasteiger partial charge in [-0.3, -0.25) is 38.6 Å². The lowest BCUT2D eigenvalue weighted by molar-refractivity contribution is -0.162.